The summed E-state index contributed by atoms with van der Waals surface area (Å²) in [5.41, 5.74) is 2.79. The van der Waals surface area contributed by atoms with Crippen molar-refractivity contribution in [3.63, 3.8) is 0 Å². The van der Waals surface area contributed by atoms with Crippen LogP contribution in [0, 0.1) is 24.0 Å². The summed E-state index contributed by atoms with van der Waals surface area (Å²) >= 11 is 0. The highest BCUT2D eigenvalue weighted by atomic mass is 16.7. The number of hydrogen-bond donors (Lipinski definition) is 0. The van der Waals surface area contributed by atoms with Crippen LogP contribution in [0.3, 0.4) is 0 Å². The van der Waals surface area contributed by atoms with Crippen molar-refractivity contribution in [1.82, 2.24) is 0 Å². The Labute approximate surface area is 155 Å². The molecular weight excluding hydrogens is 354 g/mol. The van der Waals surface area contributed by atoms with Gasteiger partial charge in [0, 0.05) is 23.3 Å². The number of fused-ring (bicyclic) bond motifs is 1. The van der Waals surface area contributed by atoms with Gasteiger partial charge in [-0.3, -0.25) is 10.1 Å². The maximum Gasteiger partial charge on any atom is 0.344 e. The van der Waals surface area contributed by atoms with Crippen LogP contribution in [0.25, 0.3) is 0 Å². The molecule has 2 aromatic rings. The van der Waals surface area contributed by atoms with Gasteiger partial charge >= 0.3 is 5.97 Å². The summed E-state index contributed by atoms with van der Waals surface area (Å²) in [4.78, 5) is 22.6. The summed E-state index contributed by atoms with van der Waals surface area (Å²) in [6.45, 7) is 3.65. The van der Waals surface area contributed by atoms with E-state index in [2.05, 4.69) is 0 Å². The van der Waals surface area contributed by atoms with Crippen molar-refractivity contribution in [1.29, 1.82) is 0 Å². The molecule has 0 fully saturated rings. The van der Waals surface area contributed by atoms with Crippen molar-refractivity contribution >= 4 is 11.7 Å². The molecule has 8 nitrogen and oxygen atoms in total. The molecule has 0 bridgehead atoms. The Kier molecular flexibility index (Phi) is 5.56. The van der Waals surface area contributed by atoms with Gasteiger partial charge in [0.25, 0.3) is 5.69 Å². The van der Waals surface area contributed by atoms with Gasteiger partial charge in [-0.1, -0.05) is 12.1 Å². The normalized spacial score (nSPS) is 12.7. The van der Waals surface area contributed by atoms with Crippen molar-refractivity contribution in [2.24, 2.45) is 0 Å². The average Bonchev–Trinajstić information content (AvgIpc) is 2.66. The summed E-state index contributed by atoms with van der Waals surface area (Å²) in [5, 5.41) is 11.1. The Bertz CT molecular complexity index is 879. The number of nitrogens with zero attached hydrogens (tertiary/aromatic N) is 1. The van der Waals surface area contributed by atoms with Crippen LogP contribution in [-0.2, 0) is 27.5 Å². The quantitative estimate of drug-likeness (QED) is 0.436. The first-order valence-electron chi connectivity index (χ1n) is 8.30. The lowest BCUT2D eigenvalue weighted by atomic mass is 10.1. The van der Waals surface area contributed by atoms with Gasteiger partial charge in [0.2, 0.25) is 0 Å². The molecule has 0 N–H and O–H groups in total. The Morgan fingerprint density at radius 1 is 1.26 bits per heavy atom. The molecule has 0 atom stereocenters. The molecule has 0 radical (unpaired) electrons. The summed E-state index contributed by atoms with van der Waals surface area (Å²) < 4.78 is 21.3. The average molecular weight is 373 g/mol. The number of nitro groups is 1. The highest BCUT2D eigenvalue weighted by molar-refractivity contribution is 5.71. The maximum atomic E-state index is 12.0. The molecule has 27 heavy (non-hydrogen) atoms. The monoisotopic (exact) mass is 373 g/mol. The Morgan fingerprint density at radius 3 is 2.85 bits per heavy atom. The first-order chi connectivity index (χ1) is 12.9. The van der Waals surface area contributed by atoms with E-state index in [9.17, 15) is 14.9 Å². The van der Waals surface area contributed by atoms with Crippen molar-refractivity contribution < 1.29 is 28.7 Å². The van der Waals surface area contributed by atoms with E-state index in [1.165, 1.54) is 12.1 Å². The van der Waals surface area contributed by atoms with E-state index in [0.717, 1.165) is 11.1 Å². The third-order valence-electron chi connectivity index (χ3n) is 4.06. The summed E-state index contributed by atoms with van der Waals surface area (Å²) in [5.74, 6) is 0.485. The largest absolute Gasteiger partial charge is 0.482 e. The first-order valence-corrected chi connectivity index (χ1v) is 8.30. The van der Waals surface area contributed by atoms with E-state index in [1.807, 2.05) is 32.0 Å². The first kappa shape index (κ1) is 18.7. The fourth-order valence-electron chi connectivity index (χ4n) is 2.69. The number of carbonyl (C=O) groups is 1. The number of aryl methyl sites for hydroxylation is 2. The molecule has 0 aliphatic carbocycles. The molecule has 0 saturated heterocycles. The lowest BCUT2D eigenvalue weighted by molar-refractivity contribution is -0.385. The Hall–Kier alpha value is -3.13. The van der Waals surface area contributed by atoms with E-state index in [1.54, 1.807) is 0 Å². The third kappa shape index (κ3) is 4.53. The lowest BCUT2D eigenvalue weighted by Crippen LogP contribution is -2.17. The van der Waals surface area contributed by atoms with Crippen LogP contribution in [0.4, 0.5) is 5.69 Å². The van der Waals surface area contributed by atoms with Gasteiger partial charge in [-0.2, -0.15) is 0 Å². The fourth-order valence-corrected chi connectivity index (χ4v) is 2.69. The molecule has 2 aromatic carbocycles. The van der Waals surface area contributed by atoms with Crippen molar-refractivity contribution in [2.75, 3.05) is 13.4 Å². The molecule has 0 spiro atoms. The van der Waals surface area contributed by atoms with Gasteiger partial charge < -0.3 is 18.9 Å². The fraction of sp³-hybridized carbons (Fsp3) is 0.316. The van der Waals surface area contributed by atoms with Gasteiger partial charge in [0.1, 0.15) is 18.1 Å². The van der Waals surface area contributed by atoms with E-state index < -0.39 is 10.9 Å². The molecule has 142 valence electrons. The standard InChI is InChI=1S/C19H19NO7/c1-12-3-4-13(2)17(5-12)25-10-18(21)26-9-15-7-16(20(22)23)6-14-8-24-11-27-19(14)15/h3-7H,8-11H2,1-2H3. The maximum absolute atomic E-state index is 12.0. The minimum atomic E-state index is -0.580. The van der Waals surface area contributed by atoms with Gasteiger partial charge in [0.05, 0.1) is 11.5 Å². The number of ether oxygens (including phenoxy) is 4. The van der Waals surface area contributed by atoms with Crippen molar-refractivity contribution in [3.8, 4) is 11.5 Å². The predicted molar refractivity (Wildman–Crippen MR) is 94.6 cm³/mol. The highest BCUT2D eigenvalue weighted by Crippen LogP contribution is 2.33. The molecule has 0 unspecified atom stereocenters. The SMILES string of the molecule is Cc1ccc(C)c(OCC(=O)OCc2cc([N+](=O)[O-])cc3c2OCOC3)c1. The second-order valence-corrected chi connectivity index (χ2v) is 6.18. The highest BCUT2D eigenvalue weighted by Gasteiger charge is 2.22. The van der Waals surface area contributed by atoms with Crippen LogP contribution in [0.1, 0.15) is 22.3 Å². The summed E-state index contributed by atoms with van der Waals surface area (Å²) in [7, 11) is 0. The van der Waals surface area contributed by atoms with Crippen molar-refractivity contribution in [2.45, 2.75) is 27.1 Å². The van der Waals surface area contributed by atoms with Crippen LogP contribution in [-0.4, -0.2) is 24.3 Å². The zero-order valence-electron chi connectivity index (χ0n) is 15.0. The van der Waals surface area contributed by atoms with E-state index in [0.29, 0.717) is 22.6 Å². The molecule has 1 heterocycles. The predicted octanol–water partition coefficient (Wildman–Crippen LogP) is 3.20. The second kappa shape index (κ2) is 8.05. The zero-order valence-corrected chi connectivity index (χ0v) is 15.0. The van der Waals surface area contributed by atoms with E-state index in [4.69, 9.17) is 18.9 Å². The number of non-ortho nitro benzene ring substituents is 1. The summed E-state index contributed by atoms with van der Waals surface area (Å²) in [6, 6.07) is 8.43. The number of carbonyl (C=O) groups excluding carboxylic acids is 1. The topological polar surface area (TPSA) is 97.1 Å². The number of nitro benzene ring substituents is 1. The summed E-state index contributed by atoms with van der Waals surface area (Å²) in [6.07, 6.45) is 0. The lowest BCUT2D eigenvalue weighted by Gasteiger charge is -2.20. The molecule has 8 heteroatoms. The van der Waals surface area contributed by atoms with Gasteiger partial charge in [0.15, 0.2) is 13.4 Å². The van der Waals surface area contributed by atoms with Crippen LogP contribution in [0.15, 0.2) is 30.3 Å². The zero-order chi connectivity index (χ0) is 19.4. The molecule has 0 amide bonds. The Balaban J connectivity index is 1.65. The number of esters is 1. The van der Waals surface area contributed by atoms with Crippen LogP contribution < -0.4 is 9.47 Å². The number of rotatable bonds is 6. The van der Waals surface area contributed by atoms with Crippen LogP contribution in [0.2, 0.25) is 0 Å². The van der Waals surface area contributed by atoms with E-state index in [-0.39, 0.29) is 32.3 Å². The molecule has 0 saturated carbocycles. The number of hydrogen-bond acceptors (Lipinski definition) is 7. The third-order valence-corrected chi connectivity index (χ3v) is 4.06. The van der Waals surface area contributed by atoms with E-state index >= 15 is 0 Å². The van der Waals surface area contributed by atoms with Gasteiger partial charge in [-0.15, -0.1) is 0 Å². The molecule has 1 aliphatic heterocycles. The molecule has 1 aliphatic rings. The molecule has 3 rings (SSSR count). The Morgan fingerprint density at radius 2 is 2.07 bits per heavy atom. The number of benzene rings is 2. The van der Waals surface area contributed by atoms with Gasteiger partial charge in [-0.05, 0) is 31.0 Å². The van der Waals surface area contributed by atoms with Gasteiger partial charge in [-0.25, -0.2) is 4.79 Å². The minimum absolute atomic E-state index is 0.0432. The second-order valence-electron chi connectivity index (χ2n) is 6.18. The minimum Gasteiger partial charge on any atom is -0.482 e. The van der Waals surface area contributed by atoms with Crippen LogP contribution in [0.5, 0.6) is 11.5 Å². The molecule has 0 aromatic heterocycles. The van der Waals surface area contributed by atoms with Crippen LogP contribution >= 0.6 is 0 Å². The molecular formula is C19H19NO7. The van der Waals surface area contributed by atoms with Crippen molar-refractivity contribution in [3.05, 3.63) is 62.7 Å². The smallest absolute Gasteiger partial charge is 0.344 e.